The zero-order valence-corrected chi connectivity index (χ0v) is 14.9. The Kier molecular flexibility index (Phi) is 5.20. The summed E-state index contributed by atoms with van der Waals surface area (Å²) in [5, 5.41) is 6.64. The van der Waals surface area contributed by atoms with E-state index in [0.29, 0.717) is 32.2 Å². The van der Waals surface area contributed by atoms with Crippen molar-refractivity contribution in [2.75, 3.05) is 12.1 Å². The first-order valence-electron chi connectivity index (χ1n) is 7.02. The molecule has 0 saturated heterocycles. The molecule has 1 aliphatic rings. The van der Waals surface area contributed by atoms with E-state index in [2.05, 4.69) is 31.8 Å². The van der Waals surface area contributed by atoms with Crippen molar-refractivity contribution < 1.29 is 19.1 Å². The molecule has 0 aromatic heterocycles. The first-order chi connectivity index (χ1) is 12.0. The zero-order valence-electron chi connectivity index (χ0n) is 12.6. The minimum atomic E-state index is -0.909. The number of nitrogens with zero attached hydrogens (tertiary/aromatic N) is 1. The van der Waals surface area contributed by atoms with Gasteiger partial charge >= 0.3 is 11.8 Å². The zero-order chi connectivity index (χ0) is 17.8. The highest BCUT2D eigenvalue weighted by molar-refractivity contribution is 9.10. The molecule has 128 valence electrons. The largest absolute Gasteiger partial charge is 0.454 e. The van der Waals surface area contributed by atoms with Crippen LogP contribution >= 0.6 is 27.5 Å². The van der Waals surface area contributed by atoms with Gasteiger partial charge in [-0.15, -0.1) is 0 Å². The lowest BCUT2D eigenvalue weighted by Crippen LogP contribution is -2.32. The van der Waals surface area contributed by atoms with Crippen molar-refractivity contribution >= 4 is 51.2 Å². The second-order valence-corrected chi connectivity index (χ2v) is 6.18. The van der Waals surface area contributed by atoms with Crippen molar-refractivity contribution in [3.8, 4) is 11.5 Å². The molecule has 2 amide bonds. The maximum Gasteiger partial charge on any atom is 0.329 e. The number of hydrogen-bond donors (Lipinski definition) is 2. The van der Waals surface area contributed by atoms with Crippen LogP contribution in [-0.2, 0) is 9.59 Å². The Labute approximate surface area is 156 Å². The molecule has 2 aromatic rings. The molecule has 0 aliphatic carbocycles. The number of hydrazone groups is 1. The first-order valence-corrected chi connectivity index (χ1v) is 8.19. The van der Waals surface area contributed by atoms with E-state index < -0.39 is 11.8 Å². The summed E-state index contributed by atoms with van der Waals surface area (Å²) in [7, 11) is 0. The van der Waals surface area contributed by atoms with Crippen molar-refractivity contribution in [3.05, 3.63) is 51.5 Å². The SMILES string of the molecule is O=C(N/N=C/c1cc2c(cc1Br)OCO2)C(=O)Nc1cccc(Cl)c1. The molecular weight excluding hydrogens is 414 g/mol. The number of benzene rings is 2. The maximum absolute atomic E-state index is 11.8. The van der Waals surface area contributed by atoms with Gasteiger partial charge in [0.05, 0.1) is 6.21 Å². The number of anilines is 1. The van der Waals surface area contributed by atoms with Crippen LogP contribution in [0.15, 0.2) is 46.0 Å². The Morgan fingerprint density at radius 1 is 1.16 bits per heavy atom. The van der Waals surface area contributed by atoms with Gasteiger partial charge in [0.1, 0.15) is 0 Å². The minimum absolute atomic E-state index is 0.156. The van der Waals surface area contributed by atoms with Gasteiger partial charge in [0, 0.05) is 20.7 Å². The number of hydrogen-bond acceptors (Lipinski definition) is 5. The van der Waals surface area contributed by atoms with E-state index in [9.17, 15) is 9.59 Å². The van der Waals surface area contributed by atoms with Gasteiger partial charge in [-0.3, -0.25) is 9.59 Å². The summed E-state index contributed by atoms with van der Waals surface area (Å²) < 4.78 is 11.2. The number of nitrogens with one attached hydrogen (secondary N) is 2. The second kappa shape index (κ2) is 7.54. The van der Waals surface area contributed by atoms with Crippen molar-refractivity contribution in [1.29, 1.82) is 0 Å². The van der Waals surface area contributed by atoms with Crippen LogP contribution in [0.4, 0.5) is 5.69 Å². The van der Waals surface area contributed by atoms with E-state index in [1.165, 1.54) is 12.3 Å². The lowest BCUT2D eigenvalue weighted by molar-refractivity contribution is -0.136. The summed E-state index contributed by atoms with van der Waals surface area (Å²) in [5.74, 6) is -0.569. The number of rotatable bonds is 3. The number of fused-ring (bicyclic) bond motifs is 1. The Morgan fingerprint density at radius 3 is 2.68 bits per heavy atom. The van der Waals surface area contributed by atoms with Gasteiger partial charge in [-0.1, -0.05) is 17.7 Å². The number of carbonyl (C=O) groups is 2. The third-order valence-corrected chi connectivity index (χ3v) is 4.07. The summed E-state index contributed by atoms with van der Waals surface area (Å²) in [5.41, 5.74) is 3.22. The molecule has 0 bridgehead atoms. The number of carbonyl (C=O) groups excluding carboxylic acids is 2. The average Bonchev–Trinajstić information content (AvgIpc) is 3.02. The van der Waals surface area contributed by atoms with Gasteiger partial charge in [-0.2, -0.15) is 5.10 Å². The molecule has 0 unspecified atom stereocenters. The Bertz CT molecular complexity index is 872. The van der Waals surface area contributed by atoms with E-state index in [0.717, 1.165) is 0 Å². The van der Waals surface area contributed by atoms with Crippen LogP contribution in [0.5, 0.6) is 11.5 Å². The molecule has 0 radical (unpaired) electrons. The van der Waals surface area contributed by atoms with Crippen LogP contribution in [0, 0.1) is 0 Å². The van der Waals surface area contributed by atoms with Crippen molar-refractivity contribution in [2.24, 2.45) is 5.10 Å². The standard InChI is InChI=1S/C16H11BrClN3O4/c17-12-6-14-13(24-8-25-14)4-9(12)7-19-21-16(23)15(22)20-11-3-1-2-10(18)5-11/h1-7H,8H2,(H,20,22)(H,21,23)/b19-7+. The van der Waals surface area contributed by atoms with Crippen LogP contribution in [0.3, 0.4) is 0 Å². The van der Waals surface area contributed by atoms with Crippen molar-refractivity contribution in [2.45, 2.75) is 0 Å². The molecule has 0 atom stereocenters. The van der Waals surface area contributed by atoms with Gasteiger partial charge in [0.15, 0.2) is 11.5 Å². The summed E-state index contributed by atoms with van der Waals surface area (Å²) in [6.45, 7) is 0.156. The molecule has 25 heavy (non-hydrogen) atoms. The maximum atomic E-state index is 11.8. The molecule has 2 aromatic carbocycles. The molecule has 1 heterocycles. The molecule has 3 rings (SSSR count). The van der Waals surface area contributed by atoms with Gasteiger partial charge < -0.3 is 14.8 Å². The van der Waals surface area contributed by atoms with Crippen molar-refractivity contribution in [1.82, 2.24) is 5.43 Å². The van der Waals surface area contributed by atoms with Gasteiger partial charge in [-0.05, 0) is 46.3 Å². The predicted octanol–water partition coefficient (Wildman–Crippen LogP) is 2.92. The molecular formula is C16H11BrClN3O4. The highest BCUT2D eigenvalue weighted by Crippen LogP contribution is 2.36. The van der Waals surface area contributed by atoms with Gasteiger partial charge in [0.25, 0.3) is 0 Å². The van der Waals surface area contributed by atoms with Crippen molar-refractivity contribution in [3.63, 3.8) is 0 Å². The van der Waals surface area contributed by atoms with Crippen LogP contribution < -0.4 is 20.2 Å². The number of halogens is 2. The van der Waals surface area contributed by atoms with Crippen LogP contribution in [0.1, 0.15) is 5.56 Å². The van der Waals surface area contributed by atoms with Gasteiger partial charge in [0.2, 0.25) is 6.79 Å². The number of amides is 2. The highest BCUT2D eigenvalue weighted by atomic mass is 79.9. The quantitative estimate of drug-likeness (QED) is 0.450. The molecule has 0 saturated carbocycles. The molecule has 7 nitrogen and oxygen atoms in total. The fourth-order valence-corrected chi connectivity index (χ4v) is 2.61. The van der Waals surface area contributed by atoms with E-state index in [4.69, 9.17) is 21.1 Å². The van der Waals surface area contributed by atoms with E-state index in [1.807, 2.05) is 0 Å². The van der Waals surface area contributed by atoms with E-state index >= 15 is 0 Å². The summed E-state index contributed by atoms with van der Waals surface area (Å²) >= 11 is 9.18. The molecule has 1 aliphatic heterocycles. The fraction of sp³-hybridized carbons (Fsp3) is 0.0625. The lowest BCUT2D eigenvalue weighted by atomic mass is 10.2. The fourth-order valence-electron chi connectivity index (χ4n) is 2.00. The smallest absolute Gasteiger partial charge is 0.329 e. The Morgan fingerprint density at radius 2 is 1.92 bits per heavy atom. The topological polar surface area (TPSA) is 89.0 Å². The normalized spacial score (nSPS) is 12.2. The van der Waals surface area contributed by atoms with E-state index in [1.54, 1.807) is 30.3 Å². The van der Waals surface area contributed by atoms with Gasteiger partial charge in [-0.25, -0.2) is 5.43 Å². The van der Waals surface area contributed by atoms with E-state index in [-0.39, 0.29) is 6.79 Å². The summed E-state index contributed by atoms with van der Waals surface area (Å²) in [4.78, 5) is 23.6. The minimum Gasteiger partial charge on any atom is -0.454 e. The Hall–Kier alpha value is -2.58. The Balaban J connectivity index is 1.60. The van der Waals surface area contributed by atoms with Crippen LogP contribution in [-0.4, -0.2) is 24.8 Å². The summed E-state index contributed by atoms with van der Waals surface area (Å²) in [6, 6.07) is 9.89. The first kappa shape index (κ1) is 17.2. The second-order valence-electron chi connectivity index (χ2n) is 4.89. The monoisotopic (exact) mass is 423 g/mol. The molecule has 2 N–H and O–H groups in total. The molecule has 0 fully saturated rings. The molecule has 0 spiro atoms. The third-order valence-electron chi connectivity index (χ3n) is 3.15. The third kappa shape index (κ3) is 4.28. The highest BCUT2D eigenvalue weighted by Gasteiger charge is 2.16. The number of ether oxygens (including phenoxy) is 2. The van der Waals surface area contributed by atoms with Crippen LogP contribution in [0.2, 0.25) is 5.02 Å². The summed E-state index contributed by atoms with van der Waals surface area (Å²) in [6.07, 6.45) is 1.39. The average molecular weight is 425 g/mol. The molecule has 9 heteroatoms. The van der Waals surface area contributed by atoms with Crippen LogP contribution in [0.25, 0.3) is 0 Å². The lowest BCUT2D eigenvalue weighted by Gasteiger charge is -2.04. The predicted molar refractivity (Wildman–Crippen MR) is 96.1 cm³/mol.